The molecule has 1 atom stereocenters. The van der Waals surface area contributed by atoms with Crippen molar-refractivity contribution in [2.75, 3.05) is 40.9 Å². The molecular weight excluding hydrogens is 384 g/mol. The molecule has 0 saturated carbocycles. The summed E-state index contributed by atoms with van der Waals surface area (Å²) in [5, 5.41) is 9.05. The Labute approximate surface area is 177 Å². The Kier molecular flexibility index (Phi) is 8.19. The summed E-state index contributed by atoms with van der Waals surface area (Å²) in [6, 6.07) is 10.3. The molecule has 1 aromatic heterocycles. The predicted octanol–water partition coefficient (Wildman–Crippen LogP) is 3.34. The van der Waals surface area contributed by atoms with Crippen LogP contribution in [0.3, 0.4) is 0 Å². The maximum absolute atomic E-state index is 5.38. The second-order valence-electron chi connectivity index (χ2n) is 7.32. The van der Waals surface area contributed by atoms with E-state index in [0.29, 0.717) is 12.5 Å². The molecule has 1 fully saturated rings. The highest BCUT2D eigenvalue weighted by molar-refractivity contribution is 7.09. The quantitative estimate of drug-likeness (QED) is 0.511. The average Bonchev–Trinajstić information content (AvgIpc) is 3.27. The molecule has 3 rings (SSSR count). The molecule has 0 aliphatic carbocycles. The molecule has 0 radical (unpaired) electrons. The van der Waals surface area contributed by atoms with Gasteiger partial charge in [-0.25, -0.2) is 0 Å². The van der Waals surface area contributed by atoms with Crippen LogP contribution in [0.25, 0.3) is 0 Å². The van der Waals surface area contributed by atoms with Crippen molar-refractivity contribution in [1.29, 1.82) is 0 Å². The fraction of sp³-hybridized carbons (Fsp3) is 0.500. The van der Waals surface area contributed by atoms with Gasteiger partial charge in [-0.05, 0) is 54.4 Å². The molecule has 2 aromatic rings. The Morgan fingerprint density at radius 2 is 2.07 bits per heavy atom. The summed E-state index contributed by atoms with van der Waals surface area (Å²) in [5.41, 5.74) is 1.12. The number of thiophene rings is 1. The average molecular weight is 417 g/mol. The summed E-state index contributed by atoms with van der Waals surface area (Å²) >= 11 is 1.85. The maximum Gasteiger partial charge on any atom is 0.191 e. The summed E-state index contributed by atoms with van der Waals surface area (Å²) in [6.45, 7) is 5.01. The Hall–Kier alpha value is -2.25. The van der Waals surface area contributed by atoms with Gasteiger partial charge < -0.3 is 20.1 Å². The van der Waals surface area contributed by atoms with Crippen molar-refractivity contribution in [3.05, 3.63) is 46.2 Å². The second-order valence-corrected chi connectivity index (χ2v) is 8.35. The fourth-order valence-electron chi connectivity index (χ4n) is 3.72. The lowest BCUT2D eigenvalue weighted by atomic mass is 9.98. The van der Waals surface area contributed by atoms with E-state index in [0.717, 1.165) is 42.7 Å². The van der Waals surface area contributed by atoms with Crippen LogP contribution in [-0.4, -0.2) is 51.8 Å². The highest BCUT2D eigenvalue weighted by Crippen LogP contribution is 2.27. The fourth-order valence-corrected chi connectivity index (χ4v) is 4.47. The van der Waals surface area contributed by atoms with Crippen LogP contribution in [0.4, 0.5) is 0 Å². The van der Waals surface area contributed by atoms with Gasteiger partial charge in [-0.3, -0.25) is 9.89 Å². The molecule has 1 aromatic carbocycles. The highest BCUT2D eigenvalue weighted by Gasteiger charge is 2.20. The summed E-state index contributed by atoms with van der Waals surface area (Å²) in [7, 11) is 5.11. The minimum atomic E-state index is 0.642. The third-order valence-corrected chi connectivity index (χ3v) is 6.11. The molecule has 2 N–H and O–H groups in total. The van der Waals surface area contributed by atoms with E-state index >= 15 is 0 Å². The smallest absolute Gasteiger partial charge is 0.191 e. The van der Waals surface area contributed by atoms with Gasteiger partial charge in [0.25, 0.3) is 0 Å². The number of aliphatic imine (C=N–C) groups is 1. The molecule has 1 saturated heterocycles. The molecule has 1 aliphatic heterocycles. The topological polar surface area (TPSA) is 58.1 Å². The molecule has 0 bridgehead atoms. The number of hydrogen-bond acceptors (Lipinski definition) is 5. The van der Waals surface area contributed by atoms with E-state index in [-0.39, 0.29) is 0 Å². The largest absolute Gasteiger partial charge is 0.493 e. The number of methoxy groups -OCH3 is 2. The first kappa shape index (κ1) is 21.5. The lowest BCUT2D eigenvalue weighted by molar-refractivity contribution is 0.169. The number of nitrogens with one attached hydrogen (secondary N) is 2. The van der Waals surface area contributed by atoms with Crippen LogP contribution in [0.1, 0.15) is 23.3 Å². The summed E-state index contributed by atoms with van der Waals surface area (Å²) in [4.78, 5) is 8.39. The lowest BCUT2D eigenvalue weighted by Crippen LogP contribution is -2.44. The Balaban J connectivity index is 1.45. The molecule has 0 amide bonds. The number of benzene rings is 1. The first-order valence-electron chi connectivity index (χ1n) is 10.1. The van der Waals surface area contributed by atoms with Gasteiger partial charge in [0.2, 0.25) is 0 Å². The van der Waals surface area contributed by atoms with E-state index in [1.165, 1.54) is 24.3 Å². The normalized spacial score (nSPS) is 17.8. The number of rotatable bonds is 8. The van der Waals surface area contributed by atoms with Crippen molar-refractivity contribution in [1.82, 2.24) is 15.5 Å². The van der Waals surface area contributed by atoms with Crippen LogP contribution >= 0.6 is 11.3 Å². The zero-order valence-corrected chi connectivity index (χ0v) is 18.4. The van der Waals surface area contributed by atoms with Crippen LogP contribution in [0.5, 0.6) is 11.5 Å². The Bertz CT molecular complexity index is 779. The summed E-state index contributed by atoms with van der Waals surface area (Å²) < 4.78 is 10.7. The number of nitrogens with zero attached hydrogens (tertiary/aromatic N) is 2. The van der Waals surface area contributed by atoms with Gasteiger partial charge in [0, 0.05) is 38.1 Å². The molecule has 0 spiro atoms. The van der Waals surface area contributed by atoms with E-state index in [1.807, 2.05) is 36.6 Å². The van der Waals surface area contributed by atoms with Gasteiger partial charge in [0.15, 0.2) is 17.5 Å². The van der Waals surface area contributed by atoms with E-state index in [1.54, 1.807) is 14.2 Å². The van der Waals surface area contributed by atoms with Gasteiger partial charge in [0.1, 0.15) is 0 Å². The zero-order chi connectivity index (χ0) is 20.5. The Morgan fingerprint density at radius 3 is 2.79 bits per heavy atom. The molecule has 29 heavy (non-hydrogen) atoms. The van der Waals surface area contributed by atoms with Gasteiger partial charge >= 0.3 is 0 Å². The van der Waals surface area contributed by atoms with Crippen LogP contribution in [-0.2, 0) is 13.1 Å². The molecular formula is C22H32N4O2S. The van der Waals surface area contributed by atoms with Gasteiger partial charge in [-0.2, -0.15) is 0 Å². The van der Waals surface area contributed by atoms with E-state index in [9.17, 15) is 0 Å². The van der Waals surface area contributed by atoms with Crippen molar-refractivity contribution in [3.63, 3.8) is 0 Å². The van der Waals surface area contributed by atoms with Gasteiger partial charge in [-0.15, -0.1) is 11.3 Å². The monoisotopic (exact) mass is 416 g/mol. The molecule has 1 unspecified atom stereocenters. The number of guanidine groups is 1. The van der Waals surface area contributed by atoms with E-state index < -0.39 is 0 Å². The van der Waals surface area contributed by atoms with Crippen molar-refractivity contribution in [2.45, 2.75) is 25.9 Å². The van der Waals surface area contributed by atoms with E-state index in [2.05, 4.69) is 38.0 Å². The lowest BCUT2D eigenvalue weighted by Gasteiger charge is -2.32. The van der Waals surface area contributed by atoms with Crippen LogP contribution in [0.15, 0.2) is 40.7 Å². The molecule has 6 nitrogen and oxygen atoms in total. The minimum Gasteiger partial charge on any atom is -0.493 e. The molecule has 2 heterocycles. The van der Waals surface area contributed by atoms with Crippen LogP contribution < -0.4 is 20.1 Å². The highest BCUT2D eigenvalue weighted by atomic mass is 32.1. The van der Waals surface area contributed by atoms with Gasteiger partial charge in [-0.1, -0.05) is 12.1 Å². The number of likely N-dealkylation sites (tertiary alicyclic amines) is 1. The first-order valence-corrected chi connectivity index (χ1v) is 11.0. The van der Waals surface area contributed by atoms with Crippen molar-refractivity contribution in [3.8, 4) is 11.5 Å². The standard InChI is InChI=1S/C22H32N4O2S/c1-23-22(24-13-17-8-9-20(27-2)21(12-17)28-3)25-14-18-6-4-10-26(15-18)16-19-7-5-11-29-19/h5,7-9,11-12,18H,4,6,10,13-16H2,1-3H3,(H2,23,24,25). The molecule has 7 heteroatoms. The number of ether oxygens (including phenoxy) is 2. The SMILES string of the molecule is CN=C(NCc1ccc(OC)c(OC)c1)NCC1CCCN(Cc2cccs2)C1. The predicted molar refractivity (Wildman–Crippen MR) is 120 cm³/mol. The maximum atomic E-state index is 5.38. The van der Waals surface area contributed by atoms with Crippen LogP contribution in [0.2, 0.25) is 0 Å². The van der Waals surface area contributed by atoms with Crippen molar-refractivity contribution >= 4 is 17.3 Å². The molecule has 1 aliphatic rings. The summed E-state index contributed by atoms with van der Waals surface area (Å²) in [6.07, 6.45) is 2.52. The van der Waals surface area contributed by atoms with E-state index in [4.69, 9.17) is 9.47 Å². The van der Waals surface area contributed by atoms with Crippen molar-refractivity contribution < 1.29 is 9.47 Å². The zero-order valence-electron chi connectivity index (χ0n) is 17.6. The third kappa shape index (κ3) is 6.37. The summed E-state index contributed by atoms with van der Waals surface area (Å²) in [5.74, 6) is 2.95. The minimum absolute atomic E-state index is 0.642. The Morgan fingerprint density at radius 1 is 1.21 bits per heavy atom. The second kappa shape index (κ2) is 11.1. The van der Waals surface area contributed by atoms with Crippen LogP contribution in [0, 0.1) is 5.92 Å². The van der Waals surface area contributed by atoms with Crippen molar-refractivity contribution in [2.24, 2.45) is 10.9 Å². The molecule has 158 valence electrons. The third-order valence-electron chi connectivity index (χ3n) is 5.25. The van der Waals surface area contributed by atoms with Gasteiger partial charge in [0.05, 0.1) is 14.2 Å². The number of hydrogen-bond donors (Lipinski definition) is 2. The first-order chi connectivity index (χ1) is 14.2. The number of piperidine rings is 1.